The summed E-state index contributed by atoms with van der Waals surface area (Å²) in [5.74, 6) is -0.207. The number of benzene rings is 1. The number of anilines is 1. The van der Waals surface area contributed by atoms with Gasteiger partial charge in [0.05, 0.1) is 5.52 Å². The lowest BCUT2D eigenvalue weighted by atomic mass is 10.0. The zero-order valence-corrected chi connectivity index (χ0v) is 13.6. The molecule has 0 amide bonds. The van der Waals surface area contributed by atoms with Gasteiger partial charge in [0.1, 0.15) is 5.82 Å². The predicted octanol–water partition coefficient (Wildman–Crippen LogP) is 4.67. The lowest BCUT2D eigenvalue weighted by molar-refractivity contribution is 0.628. The molecule has 1 heterocycles. The summed E-state index contributed by atoms with van der Waals surface area (Å²) < 4.78 is 14.5. The Hall–Kier alpha value is -0.910. The molecule has 0 atom stereocenters. The van der Waals surface area contributed by atoms with Crippen molar-refractivity contribution in [3.8, 4) is 0 Å². The molecule has 0 saturated heterocycles. The molecular weight excluding hydrogens is 354 g/mol. The third-order valence-electron chi connectivity index (χ3n) is 3.24. The minimum Gasteiger partial charge on any atom is -0.384 e. The average Bonchev–Trinajstić information content (AvgIpc) is 2.37. The molecule has 0 fully saturated rings. The van der Waals surface area contributed by atoms with E-state index in [1.807, 2.05) is 0 Å². The third kappa shape index (κ3) is 2.83. The molecule has 0 radical (unpaired) electrons. The molecule has 2 nitrogen and oxygen atoms in total. The van der Waals surface area contributed by atoms with E-state index in [1.165, 1.54) is 6.07 Å². The monoisotopic (exact) mass is 372 g/mol. The van der Waals surface area contributed by atoms with Gasteiger partial charge in [-0.15, -0.1) is 0 Å². The number of nitrogens with zero attached hydrogens (tertiary/aromatic N) is 1. The van der Waals surface area contributed by atoms with Gasteiger partial charge in [0.2, 0.25) is 0 Å². The molecule has 1 N–H and O–H groups in total. The van der Waals surface area contributed by atoms with Crippen LogP contribution in [0.2, 0.25) is 0 Å². The van der Waals surface area contributed by atoms with Crippen molar-refractivity contribution in [3.05, 3.63) is 32.8 Å². The number of hydrogen-bond acceptors (Lipinski definition) is 2. The smallest absolute Gasteiger partial charge is 0.125 e. The Balaban J connectivity index is 2.75. The number of halogens is 2. The quantitative estimate of drug-likeness (QED) is 0.789. The molecule has 0 aliphatic rings. The van der Waals surface area contributed by atoms with Gasteiger partial charge in [-0.1, -0.05) is 13.8 Å². The molecule has 1 aromatic heterocycles. The van der Waals surface area contributed by atoms with E-state index in [1.54, 1.807) is 6.07 Å². The summed E-state index contributed by atoms with van der Waals surface area (Å²) in [6.07, 6.45) is 1.92. The fourth-order valence-electron chi connectivity index (χ4n) is 2.26. The van der Waals surface area contributed by atoms with E-state index >= 15 is 0 Å². The van der Waals surface area contributed by atoms with Gasteiger partial charge in [-0.3, -0.25) is 4.98 Å². The Morgan fingerprint density at radius 3 is 2.68 bits per heavy atom. The highest BCUT2D eigenvalue weighted by Crippen LogP contribution is 2.31. The maximum atomic E-state index is 13.7. The average molecular weight is 372 g/mol. The molecule has 0 aliphatic heterocycles. The van der Waals surface area contributed by atoms with E-state index in [2.05, 4.69) is 53.7 Å². The minimum atomic E-state index is -0.207. The first-order chi connectivity index (χ1) is 9.08. The molecule has 0 bridgehead atoms. The lowest BCUT2D eigenvalue weighted by Crippen LogP contribution is -2.06. The predicted molar refractivity (Wildman–Crippen MR) is 87.3 cm³/mol. The van der Waals surface area contributed by atoms with Crippen LogP contribution in [-0.2, 0) is 6.42 Å². The first-order valence-corrected chi connectivity index (χ1v) is 7.68. The Kier molecular flexibility index (Phi) is 4.60. The van der Waals surface area contributed by atoms with Crippen molar-refractivity contribution >= 4 is 39.2 Å². The SMILES string of the molecule is CCCNc1c(C)c(CC)nc2c(I)cc(F)cc12. The molecule has 19 heavy (non-hydrogen) atoms. The largest absolute Gasteiger partial charge is 0.384 e. The van der Waals surface area contributed by atoms with Crippen LogP contribution in [0.1, 0.15) is 31.5 Å². The van der Waals surface area contributed by atoms with Crippen molar-refractivity contribution in [3.63, 3.8) is 0 Å². The molecule has 0 unspecified atom stereocenters. The van der Waals surface area contributed by atoms with Gasteiger partial charge < -0.3 is 5.32 Å². The van der Waals surface area contributed by atoms with Crippen LogP contribution >= 0.6 is 22.6 Å². The normalized spacial score (nSPS) is 11.0. The second-order valence-electron chi connectivity index (χ2n) is 4.62. The van der Waals surface area contributed by atoms with Crippen LogP contribution in [0.15, 0.2) is 12.1 Å². The Morgan fingerprint density at radius 2 is 2.05 bits per heavy atom. The summed E-state index contributed by atoms with van der Waals surface area (Å²) in [5.41, 5.74) is 4.13. The summed E-state index contributed by atoms with van der Waals surface area (Å²) in [6, 6.07) is 3.11. The molecule has 0 aliphatic carbocycles. The second-order valence-corrected chi connectivity index (χ2v) is 5.78. The first-order valence-electron chi connectivity index (χ1n) is 6.60. The number of aryl methyl sites for hydroxylation is 1. The highest BCUT2D eigenvalue weighted by atomic mass is 127. The number of pyridine rings is 1. The van der Waals surface area contributed by atoms with Crippen LogP contribution in [0.5, 0.6) is 0 Å². The maximum Gasteiger partial charge on any atom is 0.125 e. The fourth-order valence-corrected chi connectivity index (χ4v) is 2.97. The molecule has 2 aromatic rings. The summed E-state index contributed by atoms with van der Waals surface area (Å²) >= 11 is 2.15. The van der Waals surface area contributed by atoms with Gasteiger partial charge in [0.25, 0.3) is 0 Å². The molecule has 0 spiro atoms. The fraction of sp³-hybridized carbons (Fsp3) is 0.400. The van der Waals surface area contributed by atoms with Gasteiger partial charge in [0, 0.05) is 26.9 Å². The maximum absolute atomic E-state index is 13.7. The zero-order chi connectivity index (χ0) is 14.0. The molecule has 0 saturated carbocycles. The van der Waals surface area contributed by atoms with Gasteiger partial charge in [0.15, 0.2) is 0 Å². The van der Waals surface area contributed by atoms with Crippen LogP contribution in [0.3, 0.4) is 0 Å². The number of nitrogens with one attached hydrogen (secondary N) is 1. The lowest BCUT2D eigenvalue weighted by Gasteiger charge is -2.16. The second kappa shape index (κ2) is 6.03. The molecule has 102 valence electrons. The van der Waals surface area contributed by atoms with Gasteiger partial charge in [-0.05, 0) is 60.1 Å². The third-order valence-corrected chi connectivity index (χ3v) is 4.06. The van der Waals surface area contributed by atoms with Crippen molar-refractivity contribution in [2.45, 2.75) is 33.6 Å². The van der Waals surface area contributed by atoms with Crippen LogP contribution in [-0.4, -0.2) is 11.5 Å². The van der Waals surface area contributed by atoms with E-state index in [0.717, 1.165) is 50.8 Å². The zero-order valence-electron chi connectivity index (χ0n) is 11.5. The Morgan fingerprint density at radius 1 is 1.32 bits per heavy atom. The Labute approximate surface area is 126 Å². The Bertz CT molecular complexity index is 611. The van der Waals surface area contributed by atoms with Gasteiger partial charge >= 0.3 is 0 Å². The van der Waals surface area contributed by atoms with Crippen molar-refractivity contribution in [1.29, 1.82) is 0 Å². The summed E-state index contributed by atoms with van der Waals surface area (Å²) in [6.45, 7) is 7.16. The van der Waals surface area contributed by atoms with Gasteiger partial charge in [-0.25, -0.2) is 4.39 Å². The van der Waals surface area contributed by atoms with Crippen LogP contribution in [0.4, 0.5) is 10.1 Å². The molecule has 1 aromatic carbocycles. The topological polar surface area (TPSA) is 24.9 Å². The van der Waals surface area contributed by atoms with Crippen molar-refractivity contribution in [2.24, 2.45) is 0 Å². The van der Waals surface area contributed by atoms with Crippen molar-refractivity contribution in [1.82, 2.24) is 4.98 Å². The van der Waals surface area contributed by atoms with Crippen molar-refractivity contribution in [2.75, 3.05) is 11.9 Å². The minimum absolute atomic E-state index is 0.207. The van der Waals surface area contributed by atoms with E-state index in [0.29, 0.717) is 0 Å². The highest BCUT2D eigenvalue weighted by Gasteiger charge is 2.13. The summed E-state index contributed by atoms with van der Waals surface area (Å²) in [5, 5.41) is 4.31. The molecule has 4 heteroatoms. The number of fused-ring (bicyclic) bond motifs is 1. The molecular formula is C15H18FIN2. The van der Waals surface area contributed by atoms with Crippen LogP contribution in [0, 0.1) is 16.3 Å². The summed E-state index contributed by atoms with van der Waals surface area (Å²) in [7, 11) is 0. The van der Waals surface area contributed by atoms with Crippen LogP contribution < -0.4 is 5.32 Å². The van der Waals surface area contributed by atoms with E-state index < -0.39 is 0 Å². The van der Waals surface area contributed by atoms with Crippen molar-refractivity contribution < 1.29 is 4.39 Å². The number of hydrogen-bond donors (Lipinski definition) is 1. The summed E-state index contributed by atoms with van der Waals surface area (Å²) in [4.78, 5) is 4.69. The van der Waals surface area contributed by atoms with E-state index in [9.17, 15) is 4.39 Å². The number of aromatic nitrogens is 1. The van der Waals surface area contributed by atoms with Gasteiger partial charge in [-0.2, -0.15) is 0 Å². The highest BCUT2D eigenvalue weighted by molar-refractivity contribution is 14.1. The van der Waals surface area contributed by atoms with Crippen LogP contribution in [0.25, 0.3) is 10.9 Å². The first kappa shape index (κ1) is 14.5. The molecule has 2 rings (SSSR count). The van der Waals surface area contributed by atoms with E-state index in [-0.39, 0.29) is 5.82 Å². The standard InChI is InChI=1S/C15H18FIN2/c1-4-6-18-14-9(3)13(5-2)19-15-11(14)7-10(16)8-12(15)17/h7-8H,4-6H2,1-3H3,(H,18,19). The van der Waals surface area contributed by atoms with E-state index in [4.69, 9.17) is 0 Å². The number of rotatable bonds is 4.